The average molecular weight is 184 g/mol. The second kappa shape index (κ2) is 3.65. The summed E-state index contributed by atoms with van der Waals surface area (Å²) in [6.07, 6.45) is -1.53. The normalized spacial score (nSPS) is 14.4. The molecule has 7 heteroatoms. The fourth-order valence-corrected chi connectivity index (χ4v) is 0.971. The van der Waals surface area contributed by atoms with Gasteiger partial charge in [-0.1, -0.05) is 0 Å². The molecule has 0 fully saturated rings. The van der Waals surface area contributed by atoms with E-state index in [9.17, 15) is 13.2 Å². The zero-order valence-electron chi connectivity index (χ0n) is 5.72. The van der Waals surface area contributed by atoms with Crippen molar-refractivity contribution < 1.29 is 27.1 Å². The van der Waals surface area contributed by atoms with E-state index in [0.717, 1.165) is 0 Å². The van der Waals surface area contributed by atoms with E-state index in [1.165, 1.54) is 6.92 Å². The lowest BCUT2D eigenvalue weighted by atomic mass is 10.3. The van der Waals surface area contributed by atoms with Crippen LogP contribution in [0.1, 0.15) is 13.3 Å². The van der Waals surface area contributed by atoms with Gasteiger partial charge in [-0.05, 0) is 6.92 Å². The molecule has 0 heterocycles. The second-order valence-corrected chi connectivity index (χ2v) is 2.98. The summed E-state index contributed by atoms with van der Waals surface area (Å²) in [6, 6.07) is 0. The van der Waals surface area contributed by atoms with E-state index in [1.54, 1.807) is 0 Å². The van der Waals surface area contributed by atoms with Gasteiger partial charge in [0.2, 0.25) is 0 Å². The summed E-state index contributed by atoms with van der Waals surface area (Å²) in [6.45, 7) is 1.22. The molecule has 0 aliphatic rings. The van der Waals surface area contributed by atoms with E-state index in [1.807, 2.05) is 0 Å². The van der Waals surface area contributed by atoms with E-state index in [0.29, 0.717) is 0 Å². The van der Waals surface area contributed by atoms with Gasteiger partial charge in [-0.15, -0.1) is 0 Å². The highest BCUT2D eigenvalue weighted by molar-refractivity contribution is 7.80. The van der Waals surface area contributed by atoms with Crippen LogP contribution in [0.4, 0.5) is 0 Å². The minimum absolute atomic E-state index is 0.472. The fourth-order valence-electron chi connectivity index (χ4n) is 0.488. The molecule has 0 saturated heterocycles. The number of rotatable bonds is 4. The molecule has 0 amide bonds. The third-order valence-electron chi connectivity index (χ3n) is 0.748. The molecule has 1 atom stereocenters. The Morgan fingerprint density at radius 2 is 2.09 bits per heavy atom. The Hall–Kier alpha value is -0.660. The van der Waals surface area contributed by atoms with E-state index < -0.39 is 28.9 Å². The second-order valence-electron chi connectivity index (χ2n) is 1.93. The molecule has 0 aliphatic carbocycles. The smallest absolute Gasteiger partial charge is 0.397 e. The zero-order valence-corrected chi connectivity index (χ0v) is 6.54. The van der Waals surface area contributed by atoms with Crippen molar-refractivity contribution >= 4 is 16.4 Å². The Bertz CT molecular complexity index is 229. The first-order valence-electron chi connectivity index (χ1n) is 2.69. The van der Waals surface area contributed by atoms with Crippen molar-refractivity contribution in [1.82, 2.24) is 0 Å². The summed E-state index contributed by atoms with van der Waals surface area (Å²) < 4.78 is 31.9. The van der Waals surface area contributed by atoms with Crippen LogP contribution in [0.15, 0.2) is 0 Å². The number of carbonyl (C=O) groups is 1. The SMILES string of the molecule is C[C@H](CC(=O)O)OS(=O)(=O)O. The van der Waals surface area contributed by atoms with Crippen molar-refractivity contribution in [2.45, 2.75) is 19.4 Å². The molecule has 0 aliphatic heterocycles. The molecule has 0 aromatic rings. The van der Waals surface area contributed by atoms with Crippen molar-refractivity contribution in [3.05, 3.63) is 0 Å². The van der Waals surface area contributed by atoms with Crippen LogP contribution in [0.25, 0.3) is 0 Å². The predicted molar refractivity (Wildman–Crippen MR) is 34.3 cm³/mol. The highest BCUT2D eigenvalue weighted by atomic mass is 32.3. The van der Waals surface area contributed by atoms with Gasteiger partial charge >= 0.3 is 16.4 Å². The summed E-state index contributed by atoms with van der Waals surface area (Å²) in [7, 11) is -4.53. The van der Waals surface area contributed by atoms with Gasteiger partial charge in [-0.2, -0.15) is 8.42 Å². The van der Waals surface area contributed by atoms with Crippen molar-refractivity contribution in [3.8, 4) is 0 Å². The molecule has 66 valence electrons. The third kappa shape index (κ3) is 7.23. The van der Waals surface area contributed by atoms with Gasteiger partial charge < -0.3 is 5.11 Å². The summed E-state index contributed by atoms with van der Waals surface area (Å²) in [5, 5.41) is 8.12. The number of carboxylic acids is 1. The standard InChI is InChI=1S/C4H8O6S/c1-3(2-4(5)6)10-11(7,8)9/h3H,2H2,1H3,(H,5,6)(H,7,8,9)/t3-/m1/s1. The fraction of sp³-hybridized carbons (Fsp3) is 0.750. The van der Waals surface area contributed by atoms with Crippen LogP contribution in [-0.4, -0.2) is 30.2 Å². The lowest BCUT2D eigenvalue weighted by Crippen LogP contribution is -2.17. The molecule has 0 unspecified atom stereocenters. The first-order chi connectivity index (χ1) is 4.81. The van der Waals surface area contributed by atoms with Gasteiger partial charge in [0.1, 0.15) is 0 Å². The highest BCUT2D eigenvalue weighted by Gasteiger charge is 2.14. The highest BCUT2D eigenvalue weighted by Crippen LogP contribution is 2.00. The molecule has 0 radical (unpaired) electrons. The van der Waals surface area contributed by atoms with Gasteiger partial charge in [-0.25, -0.2) is 4.18 Å². The Labute approximate surface area is 63.7 Å². The van der Waals surface area contributed by atoms with Crippen LogP contribution in [0.3, 0.4) is 0 Å². The largest absolute Gasteiger partial charge is 0.481 e. The third-order valence-corrected chi connectivity index (χ3v) is 1.32. The van der Waals surface area contributed by atoms with Gasteiger partial charge in [0.25, 0.3) is 0 Å². The van der Waals surface area contributed by atoms with Gasteiger partial charge in [0, 0.05) is 0 Å². The van der Waals surface area contributed by atoms with Crippen LogP contribution in [0, 0.1) is 0 Å². The number of aliphatic carboxylic acids is 1. The maximum Gasteiger partial charge on any atom is 0.397 e. The van der Waals surface area contributed by atoms with Crippen molar-refractivity contribution in [2.75, 3.05) is 0 Å². The van der Waals surface area contributed by atoms with Gasteiger partial charge in [0.15, 0.2) is 0 Å². The number of carboxylic acid groups (broad SMARTS) is 1. The first kappa shape index (κ1) is 10.3. The van der Waals surface area contributed by atoms with E-state index in [2.05, 4.69) is 4.18 Å². The monoisotopic (exact) mass is 184 g/mol. The van der Waals surface area contributed by atoms with Crippen LogP contribution in [0.2, 0.25) is 0 Å². The van der Waals surface area contributed by atoms with Crippen LogP contribution in [-0.2, 0) is 19.4 Å². The molecule has 0 aromatic carbocycles. The molecule has 11 heavy (non-hydrogen) atoms. The summed E-state index contributed by atoms with van der Waals surface area (Å²) in [5.41, 5.74) is 0. The van der Waals surface area contributed by atoms with Crippen LogP contribution >= 0.6 is 0 Å². The molecular formula is C4H8O6S. The average Bonchev–Trinajstić information content (AvgIpc) is 1.53. The Balaban J connectivity index is 3.89. The van der Waals surface area contributed by atoms with Crippen LogP contribution in [0.5, 0.6) is 0 Å². The number of hydrogen-bond acceptors (Lipinski definition) is 4. The lowest BCUT2D eigenvalue weighted by Gasteiger charge is -2.05. The zero-order chi connectivity index (χ0) is 9.07. The molecule has 0 bridgehead atoms. The van der Waals surface area contributed by atoms with Gasteiger partial charge in [-0.3, -0.25) is 9.35 Å². The van der Waals surface area contributed by atoms with Crippen molar-refractivity contribution in [2.24, 2.45) is 0 Å². The minimum Gasteiger partial charge on any atom is -0.481 e. The first-order valence-corrected chi connectivity index (χ1v) is 4.05. The molecule has 0 rings (SSSR count). The van der Waals surface area contributed by atoms with Crippen LogP contribution < -0.4 is 0 Å². The Morgan fingerprint density at radius 1 is 1.64 bits per heavy atom. The van der Waals surface area contributed by atoms with Crippen molar-refractivity contribution in [1.29, 1.82) is 0 Å². The van der Waals surface area contributed by atoms with Crippen molar-refractivity contribution in [3.63, 3.8) is 0 Å². The quantitative estimate of drug-likeness (QED) is 0.580. The minimum atomic E-state index is -4.53. The maximum absolute atomic E-state index is 9.96. The Kier molecular flexibility index (Phi) is 3.43. The van der Waals surface area contributed by atoms with Gasteiger partial charge in [0.05, 0.1) is 12.5 Å². The van der Waals surface area contributed by atoms with E-state index in [4.69, 9.17) is 9.66 Å². The maximum atomic E-state index is 9.96. The summed E-state index contributed by atoms with van der Waals surface area (Å²) in [5.74, 6) is -1.19. The molecule has 0 saturated carbocycles. The number of hydrogen-bond donors (Lipinski definition) is 2. The van der Waals surface area contributed by atoms with E-state index >= 15 is 0 Å². The topological polar surface area (TPSA) is 101 Å². The van der Waals surface area contributed by atoms with E-state index in [-0.39, 0.29) is 0 Å². The Morgan fingerprint density at radius 3 is 2.36 bits per heavy atom. The summed E-state index contributed by atoms with van der Waals surface area (Å²) in [4.78, 5) is 9.94. The molecule has 0 aromatic heterocycles. The summed E-state index contributed by atoms with van der Waals surface area (Å²) >= 11 is 0. The predicted octanol–water partition coefficient (Wildman–Crippen LogP) is -0.331. The molecular weight excluding hydrogens is 176 g/mol. The molecule has 0 spiro atoms. The lowest BCUT2D eigenvalue weighted by molar-refractivity contribution is -0.138. The molecule has 2 N–H and O–H groups in total. The molecule has 6 nitrogen and oxygen atoms in total.